The summed E-state index contributed by atoms with van der Waals surface area (Å²) in [6, 6.07) is 1.97. The number of thioether (sulfide) groups is 1. The molecule has 3 saturated heterocycles. The van der Waals surface area contributed by atoms with Crippen LogP contribution < -0.4 is 0 Å². The lowest BCUT2D eigenvalue weighted by Gasteiger charge is -2.36. The summed E-state index contributed by atoms with van der Waals surface area (Å²) >= 11 is 1.79. The monoisotopic (exact) mass is 364 g/mol. The molecule has 136 valence electrons. The normalized spacial score (nSPS) is 28.6. The topological polar surface area (TPSA) is 69.9 Å². The second-order valence-electron chi connectivity index (χ2n) is 7.35. The number of rotatable bonds is 4. The Labute approximate surface area is 151 Å². The van der Waals surface area contributed by atoms with E-state index in [4.69, 9.17) is 4.52 Å². The lowest BCUT2D eigenvalue weighted by molar-refractivity contribution is -0.143. The molecule has 2 amide bonds. The second-order valence-corrected chi connectivity index (χ2v) is 8.46. The van der Waals surface area contributed by atoms with Gasteiger partial charge in [-0.1, -0.05) is 5.16 Å². The SMILES string of the molecule is Cc1cc(CN2CCN(CN3C(=O)CC4(CCSC4)C3=O)CC2)no1. The van der Waals surface area contributed by atoms with Gasteiger partial charge in [0.1, 0.15) is 5.76 Å². The number of likely N-dealkylation sites (tertiary alicyclic amines) is 1. The van der Waals surface area contributed by atoms with Gasteiger partial charge in [0.15, 0.2) is 0 Å². The van der Waals surface area contributed by atoms with Crippen LogP contribution in [-0.4, -0.2) is 76.0 Å². The van der Waals surface area contributed by atoms with E-state index in [2.05, 4.69) is 15.0 Å². The summed E-state index contributed by atoms with van der Waals surface area (Å²) in [7, 11) is 0. The first-order valence-electron chi connectivity index (χ1n) is 8.85. The summed E-state index contributed by atoms with van der Waals surface area (Å²) < 4.78 is 5.11. The van der Waals surface area contributed by atoms with E-state index in [0.29, 0.717) is 13.1 Å². The Morgan fingerprint density at radius 3 is 2.64 bits per heavy atom. The van der Waals surface area contributed by atoms with Crippen LogP contribution in [0, 0.1) is 12.3 Å². The van der Waals surface area contributed by atoms with Crippen molar-refractivity contribution in [2.24, 2.45) is 5.41 Å². The van der Waals surface area contributed by atoms with Gasteiger partial charge in [0, 0.05) is 51.0 Å². The third kappa shape index (κ3) is 3.35. The fourth-order valence-corrected chi connectivity index (χ4v) is 5.37. The van der Waals surface area contributed by atoms with Gasteiger partial charge in [0.05, 0.1) is 17.8 Å². The van der Waals surface area contributed by atoms with E-state index in [-0.39, 0.29) is 11.8 Å². The third-order valence-corrected chi connectivity index (χ3v) is 6.71. The molecule has 1 unspecified atom stereocenters. The van der Waals surface area contributed by atoms with Crippen molar-refractivity contribution in [1.29, 1.82) is 0 Å². The van der Waals surface area contributed by atoms with Crippen molar-refractivity contribution < 1.29 is 14.1 Å². The molecule has 1 aromatic heterocycles. The highest BCUT2D eigenvalue weighted by molar-refractivity contribution is 7.99. The number of piperazine rings is 1. The summed E-state index contributed by atoms with van der Waals surface area (Å²) in [5, 5.41) is 4.04. The second kappa shape index (κ2) is 6.74. The Morgan fingerprint density at radius 2 is 2.00 bits per heavy atom. The summed E-state index contributed by atoms with van der Waals surface area (Å²) in [4.78, 5) is 31.2. The van der Waals surface area contributed by atoms with Crippen LogP contribution in [0.25, 0.3) is 0 Å². The molecule has 0 N–H and O–H groups in total. The zero-order valence-corrected chi connectivity index (χ0v) is 15.4. The van der Waals surface area contributed by atoms with Gasteiger partial charge in [-0.15, -0.1) is 0 Å². The number of hydrogen-bond donors (Lipinski definition) is 0. The van der Waals surface area contributed by atoms with Crippen molar-refractivity contribution in [1.82, 2.24) is 19.9 Å². The molecule has 3 fully saturated rings. The summed E-state index contributed by atoms with van der Waals surface area (Å²) in [5.74, 6) is 2.70. The molecule has 0 aromatic carbocycles. The highest BCUT2D eigenvalue weighted by Crippen LogP contribution is 2.44. The van der Waals surface area contributed by atoms with E-state index in [1.807, 2.05) is 13.0 Å². The Balaban J connectivity index is 1.30. The number of carbonyl (C=O) groups excluding carboxylic acids is 2. The van der Waals surface area contributed by atoms with Crippen LogP contribution in [-0.2, 0) is 16.1 Å². The van der Waals surface area contributed by atoms with Crippen LogP contribution in [0.5, 0.6) is 0 Å². The van der Waals surface area contributed by atoms with Crippen molar-refractivity contribution in [3.63, 3.8) is 0 Å². The van der Waals surface area contributed by atoms with E-state index in [1.165, 1.54) is 4.90 Å². The quantitative estimate of drug-likeness (QED) is 0.737. The number of aryl methyl sites for hydroxylation is 1. The minimum Gasteiger partial charge on any atom is -0.361 e. The van der Waals surface area contributed by atoms with E-state index < -0.39 is 5.41 Å². The molecule has 1 atom stereocenters. The average molecular weight is 364 g/mol. The van der Waals surface area contributed by atoms with Gasteiger partial charge in [-0.2, -0.15) is 11.8 Å². The minimum absolute atomic E-state index is 0.00741. The molecule has 1 aromatic rings. The maximum Gasteiger partial charge on any atom is 0.237 e. The lowest BCUT2D eigenvalue weighted by Crippen LogP contribution is -2.51. The molecule has 25 heavy (non-hydrogen) atoms. The molecule has 0 saturated carbocycles. The van der Waals surface area contributed by atoms with Crippen molar-refractivity contribution in [3.05, 3.63) is 17.5 Å². The molecule has 0 aliphatic carbocycles. The molecule has 4 heterocycles. The van der Waals surface area contributed by atoms with Gasteiger partial charge in [-0.05, 0) is 19.1 Å². The van der Waals surface area contributed by atoms with Gasteiger partial charge < -0.3 is 4.52 Å². The fraction of sp³-hybridized carbons (Fsp3) is 0.706. The predicted octanol–water partition coefficient (Wildman–Crippen LogP) is 0.940. The van der Waals surface area contributed by atoms with Crippen LogP contribution in [0.2, 0.25) is 0 Å². The highest BCUT2D eigenvalue weighted by atomic mass is 32.2. The molecular formula is C17H24N4O3S. The number of hydrogen-bond acceptors (Lipinski definition) is 7. The van der Waals surface area contributed by atoms with Crippen LogP contribution in [0.1, 0.15) is 24.3 Å². The minimum atomic E-state index is -0.394. The number of amides is 2. The first kappa shape index (κ1) is 17.1. The molecule has 0 bridgehead atoms. The van der Waals surface area contributed by atoms with E-state index in [1.54, 1.807) is 11.8 Å². The van der Waals surface area contributed by atoms with Crippen LogP contribution in [0.15, 0.2) is 10.6 Å². The molecule has 3 aliphatic heterocycles. The zero-order valence-electron chi connectivity index (χ0n) is 14.6. The number of carbonyl (C=O) groups is 2. The Hall–Kier alpha value is -1.38. The molecule has 7 nitrogen and oxygen atoms in total. The van der Waals surface area contributed by atoms with E-state index in [0.717, 1.165) is 62.1 Å². The summed E-state index contributed by atoms with van der Waals surface area (Å²) in [6.45, 7) is 6.65. The fourth-order valence-electron chi connectivity index (χ4n) is 3.93. The Bertz CT molecular complexity index is 663. The Kier molecular flexibility index (Phi) is 4.59. The van der Waals surface area contributed by atoms with Crippen molar-refractivity contribution in [2.45, 2.75) is 26.3 Å². The van der Waals surface area contributed by atoms with Gasteiger partial charge in [0.2, 0.25) is 11.8 Å². The van der Waals surface area contributed by atoms with Gasteiger partial charge in [0.25, 0.3) is 0 Å². The predicted molar refractivity (Wildman–Crippen MR) is 93.8 cm³/mol. The maximum absolute atomic E-state index is 12.8. The number of aromatic nitrogens is 1. The third-order valence-electron chi connectivity index (χ3n) is 5.46. The maximum atomic E-state index is 12.8. The van der Waals surface area contributed by atoms with Crippen molar-refractivity contribution >= 4 is 23.6 Å². The van der Waals surface area contributed by atoms with Crippen molar-refractivity contribution in [2.75, 3.05) is 44.4 Å². The highest BCUT2D eigenvalue weighted by Gasteiger charge is 2.53. The molecule has 4 rings (SSSR count). The largest absolute Gasteiger partial charge is 0.361 e. The standard InChI is InChI=1S/C17H24N4O3S/c1-13-8-14(18-24-13)10-19-3-5-20(6-4-19)12-21-15(22)9-17(16(21)23)2-7-25-11-17/h8H,2-7,9-12H2,1H3. The zero-order chi connectivity index (χ0) is 17.4. The van der Waals surface area contributed by atoms with Crippen LogP contribution in [0.4, 0.5) is 0 Å². The van der Waals surface area contributed by atoms with Crippen molar-refractivity contribution in [3.8, 4) is 0 Å². The van der Waals surface area contributed by atoms with E-state index >= 15 is 0 Å². The van der Waals surface area contributed by atoms with Gasteiger partial charge >= 0.3 is 0 Å². The van der Waals surface area contributed by atoms with E-state index in [9.17, 15) is 9.59 Å². The molecular weight excluding hydrogens is 340 g/mol. The lowest BCUT2D eigenvalue weighted by atomic mass is 9.86. The van der Waals surface area contributed by atoms with Gasteiger partial charge in [-0.25, -0.2) is 0 Å². The Morgan fingerprint density at radius 1 is 1.24 bits per heavy atom. The molecule has 1 spiro atoms. The first-order chi connectivity index (χ1) is 12.1. The smallest absolute Gasteiger partial charge is 0.237 e. The number of imide groups is 1. The average Bonchev–Trinajstić information content (AvgIpc) is 3.28. The summed E-state index contributed by atoms with van der Waals surface area (Å²) in [6.07, 6.45) is 1.26. The molecule has 3 aliphatic rings. The van der Waals surface area contributed by atoms with Crippen LogP contribution >= 0.6 is 11.8 Å². The summed E-state index contributed by atoms with van der Waals surface area (Å²) in [5.41, 5.74) is 0.561. The van der Waals surface area contributed by atoms with Gasteiger partial charge in [-0.3, -0.25) is 24.3 Å². The number of nitrogens with zero attached hydrogens (tertiary/aromatic N) is 4. The molecule has 0 radical (unpaired) electrons. The molecule has 8 heteroatoms. The van der Waals surface area contributed by atoms with Crippen LogP contribution in [0.3, 0.4) is 0 Å². The first-order valence-corrected chi connectivity index (χ1v) is 10.0.